The number of rotatable bonds is 8. The molecule has 0 radical (unpaired) electrons. The molecule has 6 heteroatoms. The summed E-state index contributed by atoms with van der Waals surface area (Å²) in [5.41, 5.74) is 2.49. The third kappa shape index (κ3) is 5.94. The Bertz CT molecular complexity index is 915. The first-order chi connectivity index (χ1) is 15.0. The van der Waals surface area contributed by atoms with E-state index in [2.05, 4.69) is 12.2 Å². The van der Waals surface area contributed by atoms with Crippen molar-refractivity contribution in [3.8, 4) is 5.75 Å². The van der Waals surface area contributed by atoms with Crippen LogP contribution in [-0.2, 0) is 16.0 Å². The highest BCUT2D eigenvalue weighted by molar-refractivity contribution is 5.98. The van der Waals surface area contributed by atoms with Gasteiger partial charge in [0.25, 0.3) is 0 Å². The lowest BCUT2D eigenvalue weighted by atomic mass is 9.95. The van der Waals surface area contributed by atoms with E-state index in [1.54, 1.807) is 18.1 Å². The van der Waals surface area contributed by atoms with Crippen molar-refractivity contribution in [1.82, 2.24) is 4.90 Å². The van der Waals surface area contributed by atoms with Crippen molar-refractivity contribution in [1.29, 1.82) is 0 Å². The lowest BCUT2D eigenvalue weighted by Gasteiger charge is -2.31. The van der Waals surface area contributed by atoms with Crippen LogP contribution in [0.5, 0.6) is 5.75 Å². The van der Waals surface area contributed by atoms with Gasteiger partial charge in [0.05, 0.1) is 12.8 Å². The highest BCUT2D eigenvalue weighted by atomic mass is 16.5. The van der Waals surface area contributed by atoms with Crippen molar-refractivity contribution in [2.45, 2.75) is 39.0 Å². The summed E-state index contributed by atoms with van der Waals surface area (Å²) < 4.78 is 5.28. The number of benzene rings is 2. The first-order valence-corrected chi connectivity index (χ1v) is 10.9. The summed E-state index contributed by atoms with van der Waals surface area (Å²) in [4.78, 5) is 39.3. The van der Waals surface area contributed by atoms with Gasteiger partial charge in [-0.2, -0.15) is 0 Å². The monoisotopic (exact) mass is 422 g/mol. The fraction of sp³-hybridized carbons (Fsp3) is 0.400. The molecule has 1 aliphatic rings. The lowest BCUT2D eigenvalue weighted by molar-refractivity contribution is -0.134. The minimum absolute atomic E-state index is 0.0120. The highest BCUT2D eigenvalue weighted by Gasteiger charge is 2.28. The fourth-order valence-electron chi connectivity index (χ4n) is 3.82. The lowest BCUT2D eigenvalue weighted by Crippen LogP contribution is -2.41. The molecule has 1 saturated heterocycles. The number of hydrogen-bond acceptors (Lipinski definition) is 4. The Kier molecular flexibility index (Phi) is 7.82. The highest BCUT2D eigenvalue weighted by Crippen LogP contribution is 2.26. The molecule has 0 saturated carbocycles. The van der Waals surface area contributed by atoms with E-state index in [-0.39, 0.29) is 36.4 Å². The number of Topliss-reactive ketones (excluding diaryl/α,β-unsaturated/α-hetero) is 1. The van der Waals surface area contributed by atoms with Gasteiger partial charge in [0, 0.05) is 37.4 Å². The van der Waals surface area contributed by atoms with Crippen molar-refractivity contribution in [3.63, 3.8) is 0 Å². The number of para-hydroxylation sites is 2. The van der Waals surface area contributed by atoms with Gasteiger partial charge >= 0.3 is 0 Å². The van der Waals surface area contributed by atoms with Gasteiger partial charge in [0.2, 0.25) is 11.8 Å². The zero-order valence-corrected chi connectivity index (χ0v) is 18.2. The summed E-state index contributed by atoms with van der Waals surface area (Å²) in [5, 5.41) is 2.93. The molecule has 1 fully saturated rings. The van der Waals surface area contributed by atoms with Crippen molar-refractivity contribution in [2.75, 3.05) is 25.5 Å². The average molecular weight is 423 g/mol. The SMILES string of the molecule is CCc1ccc(C(=O)CCC(=O)N2CCC(C(=O)Nc3ccccc3OC)CC2)cc1. The quantitative estimate of drug-likeness (QED) is 0.650. The number of likely N-dealkylation sites (tertiary alicyclic amines) is 1. The number of ether oxygens (including phenoxy) is 1. The molecule has 2 aromatic rings. The first-order valence-electron chi connectivity index (χ1n) is 10.9. The third-order valence-corrected chi connectivity index (χ3v) is 5.83. The molecule has 1 heterocycles. The van der Waals surface area contributed by atoms with E-state index in [0.717, 1.165) is 6.42 Å². The average Bonchev–Trinajstić information content (AvgIpc) is 2.82. The molecule has 31 heavy (non-hydrogen) atoms. The number of piperidine rings is 1. The fourth-order valence-corrected chi connectivity index (χ4v) is 3.82. The Hall–Kier alpha value is -3.15. The Labute approximate surface area is 183 Å². The van der Waals surface area contributed by atoms with E-state index in [4.69, 9.17) is 4.74 Å². The molecule has 0 spiro atoms. The Morgan fingerprint density at radius 1 is 1.00 bits per heavy atom. The van der Waals surface area contributed by atoms with E-state index in [1.807, 2.05) is 42.5 Å². The van der Waals surface area contributed by atoms with Crippen LogP contribution < -0.4 is 10.1 Å². The van der Waals surface area contributed by atoms with Crippen LogP contribution in [0.2, 0.25) is 0 Å². The van der Waals surface area contributed by atoms with Crippen LogP contribution in [0.25, 0.3) is 0 Å². The minimum atomic E-state index is -0.146. The molecule has 0 aromatic heterocycles. The zero-order chi connectivity index (χ0) is 22.2. The second-order valence-electron chi connectivity index (χ2n) is 7.82. The Morgan fingerprint density at radius 2 is 1.68 bits per heavy atom. The number of hydrogen-bond donors (Lipinski definition) is 1. The van der Waals surface area contributed by atoms with Crippen LogP contribution >= 0.6 is 0 Å². The molecule has 0 atom stereocenters. The zero-order valence-electron chi connectivity index (χ0n) is 18.2. The molecule has 0 bridgehead atoms. The van der Waals surface area contributed by atoms with Gasteiger partial charge in [-0.1, -0.05) is 43.3 Å². The second kappa shape index (κ2) is 10.8. The first kappa shape index (κ1) is 22.5. The smallest absolute Gasteiger partial charge is 0.227 e. The van der Waals surface area contributed by atoms with Crippen LogP contribution in [0.1, 0.15) is 48.5 Å². The normalized spacial score (nSPS) is 14.2. The second-order valence-corrected chi connectivity index (χ2v) is 7.82. The number of carbonyl (C=O) groups excluding carboxylic acids is 3. The largest absolute Gasteiger partial charge is 0.495 e. The number of amides is 2. The van der Waals surface area contributed by atoms with Gasteiger partial charge in [0.15, 0.2) is 5.78 Å². The summed E-state index contributed by atoms with van der Waals surface area (Å²) >= 11 is 0. The molecular weight excluding hydrogens is 392 g/mol. The van der Waals surface area contributed by atoms with Gasteiger partial charge in [-0.15, -0.1) is 0 Å². The molecule has 2 amide bonds. The van der Waals surface area contributed by atoms with Crippen LogP contribution in [-0.4, -0.2) is 42.7 Å². The number of nitrogens with zero attached hydrogens (tertiary/aromatic N) is 1. The number of anilines is 1. The van der Waals surface area contributed by atoms with Gasteiger partial charge < -0.3 is 15.0 Å². The van der Waals surface area contributed by atoms with Gasteiger partial charge in [-0.25, -0.2) is 0 Å². The topological polar surface area (TPSA) is 75.7 Å². The summed E-state index contributed by atoms with van der Waals surface area (Å²) in [7, 11) is 1.57. The molecule has 0 aliphatic carbocycles. The van der Waals surface area contributed by atoms with E-state index in [9.17, 15) is 14.4 Å². The molecule has 1 aliphatic heterocycles. The molecule has 0 unspecified atom stereocenters. The predicted molar refractivity (Wildman–Crippen MR) is 120 cm³/mol. The van der Waals surface area contributed by atoms with Crippen molar-refractivity contribution >= 4 is 23.3 Å². The molecular formula is C25H30N2O4. The number of nitrogens with one attached hydrogen (secondary N) is 1. The minimum Gasteiger partial charge on any atom is -0.495 e. The van der Waals surface area contributed by atoms with Crippen molar-refractivity contribution in [3.05, 3.63) is 59.7 Å². The van der Waals surface area contributed by atoms with E-state index >= 15 is 0 Å². The number of aryl methyl sites for hydroxylation is 1. The standard InChI is InChI=1S/C25H30N2O4/c1-3-18-8-10-19(11-9-18)22(28)12-13-24(29)27-16-14-20(15-17-27)25(30)26-21-6-4-5-7-23(21)31-2/h4-11,20H,3,12-17H2,1-2H3,(H,26,30). The summed E-state index contributed by atoms with van der Waals surface area (Å²) in [6.45, 7) is 3.13. The van der Waals surface area contributed by atoms with E-state index in [1.165, 1.54) is 5.56 Å². The van der Waals surface area contributed by atoms with Crippen LogP contribution in [0, 0.1) is 5.92 Å². The molecule has 3 rings (SSSR count). The summed E-state index contributed by atoms with van der Waals surface area (Å²) in [5.74, 6) is 0.386. The maximum Gasteiger partial charge on any atom is 0.227 e. The van der Waals surface area contributed by atoms with Crippen LogP contribution in [0.3, 0.4) is 0 Å². The van der Waals surface area contributed by atoms with Gasteiger partial charge in [0.1, 0.15) is 5.75 Å². The molecule has 1 N–H and O–H groups in total. The summed E-state index contributed by atoms with van der Waals surface area (Å²) in [6, 6.07) is 14.9. The molecule has 6 nitrogen and oxygen atoms in total. The Balaban J connectivity index is 1.44. The van der Waals surface area contributed by atoms with E-state index < -0.39 is 0 Å². The van der Waals surface area contributed by atoms with Gasteiger partial charge in [-0.3, -0.25) is 14.4 Å². The van der Waals surface area contributed by atoms with Crippen molar-refractivity contribution < 1.29 is 19.1 Å². The number of carbonyl (C=O) groups is 3. The van der Waals surface area contributed by atoms with Crippen molar-refractivity contribution in [2.24, 2.45) is 5.92 Å². The number of ketones is 1. The summed E-state index contributed by atoms with van der Waals surface area (Å²) in [6.07, 6.45) is 2.56. The van der Waals surface area contributed by atoms with E-state index in [0.29, 0.717) is 42.9 Å². The molecule has 2 aromatic carbocycles. The van der Waals surface area contributed by atoms with Gasteiger partial charge in [-0.05, 0) is 37.0 Å². The third-order valence-electron chi connectivity index (χ3n) is 5.83. The maximum absolute atomic E-state index is 12.6. The van der Waals surface area contributed by atoms with Crippen LogP contribution in [0.15, 0.2) is 48.5 Å². The Morgan fingerprint density at radius 3 is 2.32 bits per heavy atom. The van der Waals surface area contributed by atoms with Crippen LogP contribution in [0.4, 0.5) is 5.69 Å². The maximum atomic E-state index is 12.6. The predicted octanol–water partition coefficient (Wildman–Crippen LogP) is 4.10. The number of methoxy groups -OCH3 is 1. The molecule has 164 valence electrons.